The zero-order chi connectivity index (χ0) is 18.2. The summed E-state index contributed by atoms with van der Waals surface area (Å²) in [5, 5.41) is 13.9. The number of benzene rings is 1. The molecule has 0 bridgehead atoms. The van der Waals surface area contributed by atoms with E-state index in [0.29, 0.717) is 11.7 Å². The maximum Gasteiger partial charge on any atom is 0.257 e. The molecule has 0 saturated carbocycles. The van der Waals surface area contributed by atoms with Gasteiger partial charge >= 0.3 is 0 Å². The molecule has 1 saturated heterocycles. The number of rotatable bonds is 2. The van der Waals surface area contributed by atoms with Gasteiger partial charge in [-0.3, -0.25) is 9.48 Å². The van der Waals surface area contributed by atoms with Crippen molar-refractivity contribution in [3.63, 3.8) is 0 Å². The molecule has 1 fully saturated rings. The molecule has 0 atom stereocenters. The predicted octanol–water partition coefficient (Wildman–Crippen LogP) is 3.44. The molecule has 1 N–H and O–H groups in total. The third kappa shape index (κ3) is 3.70. The zero-order valence-corrected chi connectivity index (χ0v) is 15.5. The van der Waals surface area contributed by atoms with Gasteiger partial charge in [0.05, 0.1) is 11.3 Å². The lowest BCUT2D eigenvalue weighted by Crippen LogP contribution is -2.38. The van der Waals surface area contributed by atoms with Gasteiger partial charge in [-0.05, 0) is 36.5 Å². The zero-order valence-electron chi connectivity index (χ0n) is 15.5. The highest BCUT2D eigenvalue weighted by Crippen LogP contribution is 2.31. The summed E-state index contributed by atoms with van der Waals surface area (Å²) in [5.41, 5.74) is 2.66. The van der Waals surface area contributed by atoms with Gasteiger partial charge in [0.15, 0.2) is 0 Å². The smallest absolute Gasteiger partial charge is 0.257 e. The number of piperidine rings is 1. The molecular weight excluding hydrogens is 314 g/mol. The molecule has 5 heteroatoms. The minimum Gasteiger partial charge on any atom is -0.508 e. The van der Waals surface area contributed by atoms with Crippen LogP contribution in [-0.2, 0) is 12.5 Å². The number of phenolic OH excluding ortho intramolecular Hbond substituents is 1. The Morgan fingerprint density at radius 1 is 1.16 bits per heavy atom. The molecule has 25 heavy (non-hydrogen) atoms. The first-order chi connectivity index (χ1) is 11.8. The molecule has 5 nitrogen and oxygen atoms in total. The monoisotopic (exact) mass is 341 g/mol. The summed E-state index contributed by atoms with van der Waals surface area (Å²) < 4.78 is 1.73. The molecule has 2 heterocycles. The van der Waals surface area contributed by atoms with E-state index in [1.54, 1.807) is 16.8 Å². The van der Waals surface area contributed by atoms with E-state index in [2.05, 4.69) is 25.9 Å². The van der Waals surface area contributed by atoms with Gasteiger partial charge < -0.3 is 10.0 Å². The molecule has 0 radical (unpaired) electrons. The molecule has 3 rings (SSSR count). The summed E-state index contributed by atoms with van der Waals surface area (Å²) >= 11 is 0. The van der Waals surface area contributed by atoms with Gasteiger partial charge in [-0.15, -0.1) is 0 Å². The van der Waals surface area contributed by atoms with Gasteiger partial charge in [-0.25, -0.2) is 0 Å². The van der Waals surface area contributed by atoms with Crippen LogP contribution in [-0.4, -0.2) is 38.8 Å². The van der Waals surface area contributed by atoms with E-state index in [9.17, 15) is 9.90 Å². The van der Waals surface area contributed by atoms with Crippen LogP contribution in [0.3, 0.4) is 0 Å². The van der Waals surface area contributed by atoms with E-state index >= 15 is 0 Å². The molecule has 1 aromatic heterocycles. The fraction of sp³-hybridized carbons (Fsp3) is 0.500. The number of hydrogen-bond acceptors (Lipinski definition) is 3. The molecule has 1 aromatic carbocycles. The first kappa shape index (κ1) is 17.5. The highest BCUT2D eigenvalue weighted by atomic mass is 16.3. The van der Waals surface area contributed by atoms with Gasteiger partial charge in [0.1, 0.15) is 5.75 Å². The first-order valence-corrected chi connectivity index (χ1v) is 8.88. The van der Waals surface area contributed by atoms with Gasteiger partial charge in [-0.2, -0.15) is 5.10 Å². The SMILES string of the molecule is Cn1cc(C(=O)N2CCC(c3ccc(O)cc3)CC2)c(C(C)(C)C)n1. The van der Waals surface area contributed by atoms with Gasteiger partial charge in [0.2, 0.25) is 0 Å². The summed E-state index contributed by atoms with van der Waals surface area (Å²) in [5.74, 6) is 0.825. The fourth-order valence-electron chi connectivity index (χ4n) is 3.53. The quantitative estimate of drug-likeness (QED) is 0.910. The third-order valence-corrected chi connectivity index (χ3v) is 4.92. The number of aromatic nitrogens is 2. The van der Waals surface area contributed by atoms with Crippen molar-refractivity contribution in [1.82, 2.24) is 14.7 Å². The lowest BCUT2D eigenvalue weighted by molar-refractivity contribution is 0.0710. The van der Waals surface area contributed by atoms with E-state index in [-0.39, 0.29) is 11.3 Å². The van der Waals surface area contributed by atoms with Crippen LogP contribution in [0.1, 0.15) is 61.1 Å². The summed E-state index contributed by atoms with van der Waals surface area (Å²) in [6.07, 6.45) is 3.73. The van der Waals surface area contributed by atoms with Crippen molar-refractivity contribution in [2.75, 3.05) is 13.1 Å². The van der Waals surface area contributed by atoms with Gasteiger partial charge in [-0.1, -0.05) is 32.9 Å². The maximum atomic E-state index is 13.0. The second-order valence-electron chi connectivity index (χ2n) is 7.97. The van der Waals surface area contributed by atoms with Crippen LogP contribution >= 0.6 is 0 Å². The number of likely N-dealkylation sites (tertiary alicyclic amines) is 1. The molecule has 1 aliphatic rings. The Labute approximate surface area is 149 Å². The van der Waals surface area contributed by atoms with Crippen molar-refractivity contribution in [1.29, 1.82) is 0 Å². The summed E-state index contributed by atoms with van der Waals surface area (Å²) in [6, 6.07) is 7.43. The van der Waals surface area contributed by atoms with Crippen LogP contribution in [0, 0.1) is 0 Å². The number of nitrogens with zero attached hydrogens (tertiary/aromatic N) is 3. The Hall–Kier alpha value is -2.30. The number of carbonyl (C=O) groups is 1. The molecule has 1 aliphatic heterocycles. The Bertz CT molecular complexity index is 748. The van der Waals surface area contributed by atoms with Crippen molar-refractivity contribution in [3.05, 3.63) is 47.3 Å². The highest BCUT2D eigenvalue weighted by molar-refractivity contribution is 5.95. The van der Waals surface area contributed by atoms with E-state index < -0.39 is 0 Å². The number of amides is 1. The van der Waals surface area contributed by atoms with Gasteiger partial charge in [0.25, 0.3) is 5.91 Å². The molecular formula is C20H27N3O2. The minimum absolute atomic E-state index is 0.0854. The fourth-order valence-corrected chi connectivity index (χ4v) is 3.53. The lowest BCUT2D eigenvalue weighted by Gasteiger charge is -2.32. The van der Waals surface area contributed by atoms with E-state index in [1.807, 2.05) is 30.3 Å². The number of hydrogen-bond donors (Lipinski definition) is 1. The Morgan fingerprint density at radius 2 is 1.76 bits per heavy atom. The molecule has 134 valence electrons. The average molecular weight is 341 g/mol. The molecule has 0 unspecified atom stereocenters. The van der Waals surface area contributed by atoms with Crippen LogP contribution in [0.15, 0.2) is 30.5 Å². The number of aromatic hydroxyl groups is 1. The molecule has 2 aromatic rings. The Kier molecular flexibility index (Phi) is 4.58. The largest absolute Gasteiger partial charge is 0.508 e. The predicted molar refractivity (Wildman–Crippen MR) is 97.9 cm³/mol. The average Bonchev–Trinajstić information content (AvgIpc) is 2.97. The maximum absolute atomic E-state index is 13.0. The number of aryl methyl sites for hydroxylation is 1. The van der Waals surface area contributed by atoms with Gasteiger partial charge in [0, 0.05) is 31.7 Å². The first-order valence-electron chi connectivity index (χ1n) is 8.88. The van der Waals surface area contributed by atoms with E-state index in [1.165, 1.54) is 5.56 Å². The number of phenols is 1. The topological polar surface area (TPSA) is 58.4 Å². The van der Waals surface area contributed by atoms with Crippen molar-refractivity contribution >= 4 is 5.91 Å². The minimum atomic E-state index is -0.156. The van der Waals surface area contributed by atoms with Crippen LogP contribution in [0.25, 0.3) is 0 Å². The standard InChI is InChI=1S/C20H27N3O2/c1-20(2,3)18-17(13-22(4)21-18)19(25)23-11-9-15(10-12-23)14-5-7-16(24)8-6-14/h5-8,13,15,24H,9-12H2,1-4H3. The molecule has 0 spiro atoms. The third-order valence-electron chi connectivity index (χ3n) is 4.92. The lowest BCUT2D eigenvalue weighted by atomic mass is 9.87. The molecule has 1 amide bonds. The summed E-state index contributed by atoms with van der Waals surface area (Å²) in [4.78, 5) is 15.0. The van der Waals surface area contributed by atoms with E-state index in [4.69, 9.17) is 0 Å². The van der Waals surface area contributed by atoms with Crippen LogP contribution in [0.2, 0.25) is 0 Å². The van der Waals surface area contributed by atoms with Crippen molar-refractivity contribution in [2.45, 2.75) is 44.9 Å². The summed E-state index contributed by atoms with van der Waals surface area (Å²) in [6.45, 7) is 7.77. The Balaban J connectivity index is 1.71. The second kappa shape index (κ2) is 6.54. The molecule has 0 aliphatic carbocycles. The van der Waals surface area contributed by atoms with Crippen LogP contribution in [0.5, 0.6) is 5.75 Å². The van der Waals surface area contributed by atoms with Crippen LogP contribution < -0.4 is 0 Å². The highest BCUT2D eigenvalue weighted by Gasteiger charge is 2.30. The van der Waals surface area contributed by atoms with Crippen molar-refractivity contribution in [3.8, 4) is 5.75 Å². The normalized spacial score (nSPS) is 16.2. The van der Waals surface area contributed by atoms with Crippen molar-refractivity contribution < 1.29 is 9.90 Å². The summed E-state index contributed by atoms with van der Waals surface area (Å²) in [7, 11) is 1.86. The van der Waals surface area contributed by atoms with Crippen LogP contribution in [0.4, 0.5) is 0 Å². The second-order valence-corrected chi connectivity index (χ2v) is 7.97. The Morgan fingerprint density at radius 3 is 2.32 bits per heavy atom. The van der Waals surface area contributed by atoms with Crippen molar-refractivity contribution in [2.24, 2.45) is 7.05 Å². The van der Waals surface area contributed by atoms with E-state index in [0.717, 1.165) is 37.2 Å². The number of carbonyl (C=O) groups excluding carboxylic acids is 1.